The van der Waals surface area contributed by atoms with Gasteiger partial charge in [0, 0.05) is 17.1 Å². The summed E-state index contributed by atoms with van der Waals surface area (Å²) >= 11 is 0. The van der Waals surface area contributed by atoms with Gasteiger partial charge in [-0.2, -0.15) is 0 Å². The fourth-order valence-electron chi connectivity index (χ4n) is 1.85. The van der Waals surface area contributed by atoms with Crippen LogP contribution in [0.15, 0.2) is 24.4 Å². The Balaban J connectivity index is 2.45. The van der Waals surface area contributed by atoms with Crippen molar-refractivity contribution in [2.24, 2.45) is 5.73 Å². The Bertz CT molecular complexity index is 445. The molecular formula is C12H16N3. The van der Waals surface area contributed by atoms with Gasteiger partial charge in [0.25, 0.3) is 0 Å². The standard InChI is InChI=1S/C12H16N3/c1-14-7-6-10-8-15(9-13)12-5-3-2-4-11(10)12/h2-3,5,8,14H,6-7,9,13H2,1H3. The van der Waals surface area contributed by atoms with Gasteiger partial charge in [-0.1, -0.05) is 12.1 Å². The summed E-state index contributed by atoms with van der Waals surface area (Å²) in [6, 6.07) is 9.31. The molecule has 3 nitrogen and oxygen atoms in total. The molecule has 0 fully saturated rings. The summed E-state index contributed by atoms with van der Waals surface area (Å²) in [5.74, 6) is 0. The summed E-state index contributed by atoms with van der Waals surface area (Å²) in [5, 5.41) is 4.35. The van der Waals surface area contributed by atoms with E-state index in [1.165, 1.54) is 16.5 Å². The number of likely N-dealkylation sites (N-methyl/N-ethyl adjacent to an activating group) is 1. The van der Waals surface area contributed by atoms with Crippen LogP contribution < -0.4 is 11.1 Å². The van der Waals surface area contributed by atoms with Gasteiger partial charge in [-0.15, -0.1) is 0 Å². The quantitative estimate of drug-likeness (QED) is 0.780. The van der Waals surface area contributed by atoms with E-state index >= 15 is 0 Å². The summed E-state index contributed by atoms with van der Waals surface area (Å²) in [7, 11) is 1.96. The zero-order chi connectivity index (χ0) is 10.7. The van der Waals surface area contributed by atoms with Gasteiger partial charge in [0.1, 0.15) is 0 Å². The maximum atomic E-state index is 5.69. The second-order valence-corrected chi connectivity index (χ2v) is 3.59. The van der Waals surface area contributed by atoms with Crippen LogP contribution in [0.2, 0.25) is 0 Å². The van der Waals surface area contributed by atoms with Crippen molar-refractivity contribution in [3.63, 3.8) is 0 Å². The molecular weight excluding hydrogens is 186 g/mol. The Morgan fingerprint density at radius 3 is 3.13 bits per heavy atom. The first-order valence-corrected chi connectivity index (χ1v) is 5.20. The Kier molecular flexibility index (Phi) is 3.04. The molecule has 1 radical (unpaired) electrons. The smallest absolute Gasteiger partial charge is 0.0701 e. The first kappa shape index (κ1) is 10.2. The molecule has 0 unspecified atom stereocenters. The Morgan fingerprint density at radius 1 is 1.53 bits per heavy atom. The van der Waals surface area contributed by atoms with E-state index in [9.17, 15) is 0 Å². The lowest BCUT2D eigenvalue weighted by atomic mass is 10.1. The third kappa shape index (κ3) is 1.89. The van der Waals surface area contributed by atoms with E-state index < -0.39 is 0 Å². The largest absolute Gasteiger partial charge is 0.334 e. The number of nitrogens with one attached hydrogen (secondary N) is 1. The predicted molar refractivity (Wildman–Crippen MR) is 62.6 cm³/mol. The molecule has 0 amide bonds. The van der Waals surface area contributed by atoms with Crippen LogP contribution in [0, 0.1) is 6.07 Å². The maximum Gasteiger partial charge on any atom is 0.0701 e. The molecule has 1 heterocycles. The molecule has 2 rings (SSSR count). The van der Waals surface area contributed by atoms with Crippen LogP contribution in [-0.4, -0.2) is 18.2 Å². The molecule has 0 bridgehead atoms. The molecule has 0 atom stereocenters. The van der Waals surface area contributed by atoms with Crippen molar-refractivity contribution in [3.8, 4) is 0 Å². The van der Waals surface area contributed by atoms with Crippen molar-refractivity contribution in [2.45, 2.75) is 13.1 Å². The van der Waals surface area contributed by atoms with Crippen LogP contribution in [0.3, 0.4) is 0 Å². The molecule has 15 heavy (non-hydrogen) atoms. The molecule has 79 valence electrons. The van der Waals surface area contributed by atoms with Gasteiger partial charge >= 0.3 is 0 Å². The number of nitrogens with two attached hydrogens (primary N) is 1. The molecule has 3 heteroatoms. The minimum Gasteiger partial charge on any atom is -0.334 e. The molecule has 2 aromatic rings. The average molecular weight is 202 g/mol. The molecule has 0 aliphatic rings. The fourth-order valence-corrected chi connectivity index (χ4v) is 1.85. The van der Waals surface area contributed by atoms with Gasteiger partial charge in [0.2, 0.25) is 0 Å². The van der Waals surface area contributed by atoms with E-state index in [2.05, 4.69) is 28.2 Å². The van der Waals surface area contributed by atoms with E-state index in [4.69, 9.17) is 5.73 Å². The van der Waals surface area contributed by atoms with Crippen molar-refractivity contribution in [1.29, 1.82) is 0 Å². The van der Waals surface area contributed by atoms with E-state index in [0.29, 0.717) is 6.67 Å². The predicted octanol–water partition coefficient (Wildman–Crippen LogP) is 1.12. The average Bonchev–Trinajstić information content (AvgIpc) is 2.65. The molecule has 0 saturated heterocycles. The van der Waals surface area contributed by atoms with Crippen LogP contribution in [0.5, 0.6) is 0 Å². The highest BCUT2D eigenvalue weighted by Gasteiger charge is 2.06. The normalized spacial score (nSPS) is 11.1. The van der Waals surface area contributed by atoms with Gasteiger partial charge < -0.3 is 15.6 Å². The molecule has 0 aliphatic carbocycles. The van der Waals surface area contributed by atoms with E-state index in [1.54, 1.807) is 0 Å². The van der Waals surface area contributed by atoms with Gasteiger partial charge in [0.15, 0.2) is 0 Å². The lowest BCUT2D eigenvalue weighted by molar-refractivity contribution is 0.750. The summed E-state index contributed by atoms with van der Waals surface area (Å²) in [6.45, 7) is 1.50. The van der Waals surface area contributed by atoms with Gasteiger partial charge in [-0.25, -0.2) is 0 Å². The first-order chi connectivity index (χ1) is 7.36. The Labute approximate surface area is 89.9 Å². The number of nitrogens with zero attached hydrogens (tertiary/aromatic N) is 1. The minimum atomic E-state index is 0.522. The topological polar surface area (TPSA) is 43.0 Å². The molecule has 1 aromatic heterocycles. The Hall–Kier alpha value is -1.32. The van der Waals surface area contributed by atoms with E-state index in [-0.39, 0.29) is 0 Å². The lowest BCUT2D eigenvalue weighted by Crippen LogP contribution is -2.10. The van der Waals surface area contributed by atoms with E-state index in [0.717, 1.165) is 13.0 Å². The zero-order valence-electron chi connectivity index (χ0n) is 8.96. The van der Waals surface area contributed by atoms with Crippen LogP contribution in [-0.2, 0) is 13.1 Å². The number of hydrogen-bond acceptors (Lipinski definition) is 2. The first-order valence-electron chi connectivity index (χ1n) is 5.20. The summed E-state index contributed by atoms with van der Waals surface area (Å²) in [5.41, 5.74) is 8.17. The van der Waals surface area contributed by atoms with Crippen LogP contribution in [0.25, 0.3) is 10.9 Å². The SMILES string of the molecule is CNCCc1cn(CN)c2ccc[c]c12. The van der Waals surface area contributed by atoms with Crippen molar-refractivity contribution >= 4 is 10.9 Å². The third-order valence-corrected chi connectivity index (χ3v) is 2.62. The molecule has 0 aliphatic heterocycles. The molecule has 0 saturated carbocycles. The number of benzene rings is 1. The number of aromatic nitrogens is 1. The van der Waals surface area contributed by atoms with Crippen molar-refractivity contribution in [3.05, 3.63) is 36.0 Å². The zero-order valence-corrected chi connectivity index (χ0v) is 8.96. The molecule has 1 aromatic carbocycles. The molecule has 3 N–H and O–H groups in total. The monoisotopic (exact) mass is 202 g/mol. The Morgan fingerprint density at radius 2 is 2.40 bits per heavy atom. The lowest BCUT2D eigenvalue weighted by Gasteiger charge is -1.97. The van der Waals surface area contributed by atoms with Crippen molar-refractivity contribution < 1.29 is 0 Å². The van der Waals surface area contributed by atoms with Gasteiger partial charge in [-0.3, -0.25) is 0 Å². The van der Waals surface area contributed by atoms with Gasteiger partial charge in [0.05, 0.1) is 6.67 Å². The van der Waals surface area contributed by atoms with Gasteiger partial charge in [-0.05, 0) is 37.7 Å². The van der Waals surface area contributed by atoms with Crippen LogP contribution in [0.4, 0.5) is 0 Å². The molecule has 0 spiro atoms. The highest BCUT2D eigenvalue weighted by atomic mass is 15.0. The van der Waals surface area contributed by atoms with Crippen LogP contribution in [0.1, 0.15) is 5.56 Å². The fraction of sp³-hybridized carbons (Fsp3) is 0.333. The van der Waals surface area contributed by atoms with E-state index in [1.807, 2.05) is 19.2 Å². The van der Waals surface area contributed by atoms with Crippen molar-refractivity contribution in [1.82, 2.24) is 9.88 Å². The number of rotatable bonds is 4. The second-order valence-electron chi connectivity index (χ2n) is 3.59. The van der Waals surface area contributed by atoms with Crippen LogP contribution >= 0.6 is 0 Å². The third-order valence-electron chi connectivity index (χ3n) is 2.62. The minimum absolute atomic E-state index is 0.522. The summed E-state index contributed by atoms with van der Waals surface area (Å²) < 4.78 is 2.07. The highest BCUT2D eigenvalue weighted by Crippen LogP contribution is 2.20. The second kappa shape index (κ2) is 4.47. The number of hydrogen-bond donors (Lipinski definition) is 2. The number of fused-ring (bicyclic) bond motifs is 1. The highest BCUT2D eigenvalue weighted by molar-refractivity contribution is 5.83. The van der Waals surface area contributed by atoms with Crippen molar-refractivity contribution in [2.75, 3.05) is 13.6 Å². The maximum absolute atomic E-state index is 5.69. The summed E-state index contributed by atoms with van der Waals surface area (Å²) in [6.07, 6.45) is 3.14. The summed E-state index contributed by atoms with van der Waals surface area (Å²) in [4.78, 5) is 0.